The Labute approximate surface area is 90.5 Å². The zero-order valence-corrected chi connectivity index (χ0v) is 9.28. The van der Waals surface area contributed by atoms with Crippen LogP contribution in [0.1, 0.15) is 19.3 Å². The minimum atomic E-state index is -0.0797. The summed E-state index contributed by atoms with van der Waals surface area (Å²) >= 11 is 0. The largest absolute Gasteiger partial charge is 0.468 e. The van der Waals surface area contributed by atoms with Gasteiger partial charge in [-0.1, -0.05) is 0 Å². The van der Waals surface area contributed by atoms with Gasteiger partial charge in [0, 0.05) is 19.8 Å². The van der Waals surface area contributed by atoms with E-state index < -0.39 is 0 Å². The van der Waals surface area contributed by atoms with Crippen LogP contribution in [0.2, 0.25) is 0 Å². The summed E-state index contributed by atoms with van der Waals surface area (Å²) in [5.41, 5.74) is 0. The average molecular weight is 213 g/mol. The topological polar surface area (TPSA) is 38.8 Å². The van der Waals surface area contributed by atoms with Gasteiger partial charge in [-0.3, -0.25) is 9.69 Å². The van der Waals surface area contributed by atoms with Gasteiger partial charge in [-0.15, -0.1) is 0 Å². The Bertz CT molecular complexity index is 226. The third-order valence-corrected chi connectivity index (χ3v) is 3.45. The van der Waals surface area contributed by atoms with Crippen molar-refractivity contribution in [2.75, 3.05) is 33.4 Å². The molecule has 2 fully saturated rings. The first-order chi connectivity index (χ1) is 7.31. The number of rotatable bonds is 4. The molecule has 2 atom stereocenters. The molecule has 2 rings (SSSR count). The maximum Gasteiger partial charge on any atom is 0.323 e. The molecule has 2 heterocycles. The second-order valence-electron chi connectivity index (χ2n) is 4.38. The summed E-state index contributed by atoms with van der Waals surface area (Å²) < 4.78 is 10.1. The fraction of sp³-hybridized carbons (Fsp3) is 0.909. The van der Waals surface area contributed by atoms with Crippen LogP contribution in [-0.2, 0) is 14.3 Å². The molecule has 0 amide bonds. The van der Waals surface area contributed by atoms with E-state index in [0.717, 1.165) is 39.1 Å². The third-order valence-electron chi connectivity index (χ3n) is 3.45. The van der Waals surface area contributed by atoms with Crippen LogP contribution in [0.5, 0.6) is 0 Å². The minimum absolute atomic E-state index is 0.0253. The summed E-state index contributed by atoms with van der Waals surface area (Å²) in [4.78, 5) is 13.5. The van der Waals surface area contributed by atoms with Crippen molar-refractivity contribution in [2.45, 2.75) is 25.3 Å². The molecule has 0 aromatic rings. The van der Waals surface area contributed by atoms with Gasteiger partial charge in [0.05, 0.1) is 7.11 Å². The summed E-state index contributed by atoms with van der Waals surface area (Å²) in [7, 11) is 1.46. The Hall–Kier alpha value is -0.610. The molecule has 2 unspecified atom stereocenters. The Morgan fingerprint density at radius 3 is 2.93 bits per heavy atom. The molecule has 0 radical (unpaired) electrons. The summed E-state index contributed by atoms with van der Waals surface area (Å²) in [5.74, 6) is 0.618. The summed E-state index contributed by atoms with van der Waals surface area (Å²) in [6.45, 7) is 3.85. The van der Waals surface area contributed by atoms with Crippen molar-refractivity contribution in [1.82, 2.24) is 4.90 Å². The lowest BCUT2D eigenvalue weighted by Gasteiger charge is -2.39. The van der Waals surface area contributed by atoms with Crippen molar-refractivity contribution in [1.29, 1.82) is 0 Å². The van der Waals surface area contributed by atoms with E-state index in [0.29, 0.717) is 5.92 Å². The number of carbonyl (C=O) groups is 1. The lowest BCUT2D eigenvalue weighted by atomic mass is 9.99. The maximum absolute atomic E-state index is 11.3. The molecule has 0 bridgehead atoms. The smallest absolute Gasteiger partial charge is 0.323 e. The molecule has 2 saturated heterocycles. The number of esters is 1. The fourth-order valence-corrected chi connectivity index (χ4v) is 2.27. The Morgan fingerprint density at radius 1 is 1.53 bits per heavy atom. The van der Waals surface area contributed by atoms with E-state index in [9.17, 15) is 4.79 Å². The van der Waals surface area contributed by atoms with Crippen molar-refractivity contribution in [3.05, 3.63) is 0 Å². The third kappa shape index (κ3) is 2.49. The first kappa shape index (κ1) is 10.9. The van der Waals surface area contributed by atoms with Crippen LogP contribution < -0.4 is 0 Å². The highest BCUT2D eigenvalue weighted by Crippen LogP contribution is 2.22. The van der Waals surface area contributed by atoms with Crippen molar-refractivity contribution in [2.24, 2.45) is 5.92 Å². The van der Waals surface area contributed by atoms with E-state index >= 15 is 0 Å². The standard InChI is InChI=1S/C11H19NO3/c1-14-11(13)10-3-6-12(10)5-2-9-4-7-15-8-9/h9-10H,2-8H2,1H3. The van der Waals surface area contributed by atoms with Gasteiger partial charge in [0.2, 0.25) is 0 Å². The molecule has 0 aromatic heterocycles. The van der Waals surface area contributed by atoms with E-state index in [1.165, 1.54) is 13.5 Å². The van der Waals surface area contributed by atoms with Crippen LogP contribution in [-0.4, -0.2) is 50.3 Å². The van der Waals surface area contributed by atoms with Crippen molar-refractivity contribution >= 4 is 5.97 Å². The molecule has 86 valence electrons. The lowest BCUT2D eigenvalue weighted by molar-refractivity contribution is -0.152. The number of likely N-dealkylation sites (tertiary alicyclic amines) is 1. The zero-order chi connectivity index (χ0) is 10.7. The summed E-state index contributed by atoms with van der Waals surface area (Å²) in [6, 6.07) is 0.0253. The molecule has 15 heavy (non-hydrogen) atoms. The predicted molar refractivity (Wildman–Crippen MR) is 55.5 cm³/mol. The molecule has 4 heteroatoms. The maximum atomic E-state index is 11.3. The van der Waals surface area contributed by atoms with Gasteiger partial charge in [-0.25, -0.2) is 0 Å². The highest BCUT2D eigenvalue weighted by molar-refractivity contribution is 5.76. The van der Waals surface area contributed by atoms with Crippen LogP contribution in [0.15, 0.2) is 0 Å². The van der Waals surface area contributed by atoms with Crippen LogP contribution >= 0.6 is 0 Å². The first-order valence-corrected chi connectivity index (χ1v) is 5.71. The molecule has 2 aliphatic heterocycles. The molecule has 0 spiro atoms. The summed E-state index contributed by atoms with van der Waals surface area (Å²) in [5, 5.41) is 0. The second kappa shape index (κ2) is 4.94. The number of nitrogens with zero attached hydrogens (tertiary/aromatic N) is 1. The van der Waals surface area contributed by atoms with Crippen LogP contribution in [0, 0.1) is 5.92 Å². The fourth-order valence-electron chi connectivity index (χ4n) is 2.27. The van der Waals surface area contributed by atoms with E-state index in [4.69, 9.17) is 9.47 Å². The minimum Gasteiger partial charge on any atom is -0.468 e. The van der Waals surface area contributed by atoms with E-state index in [1.807, 2.05) is 0 Å². The van der Waals surface area contributed by atoms with E-state index in [1.54, 1.807) is 0 Å². The molecule has 0 N–H and O–H groups in total. The number of ether oxygens (including phenoxy) is 2. The zero-order valence-electron chi connectivity index (χ0n) is 9.28. The summed E-state index contributed by atoms with van der Waals surface area (Å²) in [6.07, 6.45) is 3.28. The Morgan fingerprint density at radius 2 is 2.40 bits per heavy atom. The van der Waals surface area contributed by atoms with Gasteiger partial charge in [0.1, 0.15) is 6.04 Å². The normalized spacial score (nSPS) is 31.3. The molecule has 0 aliphatic carbocycles. The van der Waals surface area contributed by atoms with Crippen molar-refractivity contribution in [3.63, 3.8) is 0 Å². The molecule has 0 aromatic carbocycles. The van der Waals surface area contributed by atoms with Gasteiger partial charge in [-0.05, 0) is 31.7 Å². The lowest BCUT2D eigenvalue weighted by Crippen LogP contribution is -2.53. The first-order valence-electron chi connectivity index (χ1n) is 5.71. The van der Waals surface area contributed by atoms with Gasteiger partial charge in [0.15, 0.2) is 0 Å². The quantitative estimate of drug-likeness (QED) is 0.643. The monoisotopic (exact) mass is 213 g/mol. The van der Waals surface area contributed by atoms with Crippen molar-refractivity contribution in [3.8, 4) is 0 Å². The molecular formula is C11H19NO3. The highest BCUT2D eigenvalue weighted by atomic mass is 16.5. The van der Waals surface area contributed by atoms with E-state index in [2.05, 4.69) is 4.90 Å². The van der Waals surface area contributed by atoms with Crippen LogP contribution in [0.3, 0.4) is 0 Å². The second-order valence-corrected chi connectivity index (χ2v) is 4.38. The molecule has 2 aliphatic rings. The average Bonchev–Trinajstić information content (AvgIpc) is 2.69. The Kier molecular flexibility index (Phi) is 3.59. The molecular weight excluding hydrogens is 194 g/mol. The molecule has 0 saturated carbocycles. The van der Waals surface area contributed by atoms with Gasteiger partial charge >= 0.3 is 5.97 Å². The number of hydrogen-bond donors (Lipinski definition) is 0. The van der Waals surface area contributed by atoms with Gasteiger partial charge < -0.3 is 9.47 Å². The number of carbonyl (C=O) groups excluding carboxylic acids is 1. The highest BCUT2D eigenvalue weighted by Gasteiger charge is 2.34. The Balaban J connectivity index is 1.68. The van der Waals surface area contributed by atoms with Crippen LogP contribution in [0.4, 0.5) is 0 Å². The molecule has 4 nitrogen and oxygen atoms in total. The van der Waals surface area contributed by atoms with Crippen LogP contribution in [0.25, 0.3) is 0 Å². The van der Waals surface area contributed by atoms with Gasteiger partial charge in [0.25, 0.3) is 0 Å². The number of methoxy groups -OCH3 is 1. The van der Waals surface area contributed by atoms with Gasteiger partial charge in [-0.2, -0.15) is 0 Å². The predicted octanol–water partition coefficient (Wildman–Crippen LogP) is 0.660. The SMILES string of the molecule is COC(=O)C1CCN1CCC1CCOC1. The van der Waals surface area contributed by atoms with Crippen molar-refractivity contribution < 1.29 is 14.3 Å². The number of hydrogen-bond acceptors (Lipinski definition) is 4. The van der Waals surface area contributed by atoms with E-state index in [-0.39, 0.29) is 12.0 Å².